The van der Waals surface area contributed by atoms with Gasteiger partial charge in [-0.05, 0) is 28.7 Å². The molecule has 0 spiro atoms. The lowest BCUT2D eigenvalue weighted by atomic mass is 9.75. The monoisotopic (exact) mass is 268 g/mol. The first-order valence-electron chi connectivity index (χ1n) is 7.64. The van der Waals surface area contributed by atoms with E-state index in [0.29, 0.717) is 5.92 Å². The van der Waals surface area contributed by atoms with Crippen LogP contribution in [-0.4, -0.2) is 0 Å². The van der Waals surface area contributed by atoms with Gasteiger partial charge in [0.25, 0.3) is 0 Å². The Morgan fingerprint density at radius 3 is 2.10 bits per heavy atom. The van der Waals surface area contributed by atoms with Crippen LogP contribution in [0.4, 0.5) is 0 Å². The number of benzene rings is 2. The second kappa shape index (κ2) is 7.28. The topological polar surface area (TPSA) is 0 Å². The molecule has 0 aromatic heterocycles. The summed E-state index contributed by atoms with van der Waals surface area (Å²) in [6.07, 6.45) is 4.49. The third-order valence-electron chi connectivity index (χ3n) is 3.48. The van der Waals surface area contributed by atoms with Crippen molar-refractivity contribution in [3.05, 3.63) is 60.2 Å². The van der Waals surface area contributed by atoms with Gasteiger partial charge in [-0.25, -0.2) is 0 Å². The molecule has 0 heterocycles. The zero-order valence-corrected chi connectivity index (χ0v) is 13.8. The smallest absolute Gasteiger partial charge is 0.00726 e. The lowest BCUT2D eigenvalue weighted by Gasteiger charge is -2.29. The predicted molar refractivity (Wildman–Crippen MR) is 92.3 cm³/mol. The zero-order chi connectivity index (χ0) is 15.2. The van der Waals surface area contributed by atoms with Gasteiger partial charge in [0, 0.05) is 5.92 Å². The molecule has 0 N–H and O–H groups in total. The van der Waals surface area contributed by atoms with Crippen LogP contribution in [0.5, 0.6) is 0 Å². The van der Waals surface area contributed by atoms with Crippen molar-refractivity contribution < 1.29 is 0 Å². The fourth-order valence-electron chi connectivity index (χ4n) is 2.57. The highest BCUT2D eigenvalue weighted by Crippen LogP contribution is 2.39. The molecule has 0 aliphatic heterocycles. The first-order valence-corrected chi connectivity index (χ1v) is 7.64. The molecule has 2 rings (SSSR count). The largest absolute Gasteiger partial charge is 0.0910 e. The Balaban J connectivity index is 0.000000956. The molecule has 0 saturated heterocycles. The van der Waals surface area contributed by atoms with E-state index in [1.54, 1.807) is 0 Å². The van der Waals surface area contributed by atoms with Crippen molar-refractivity contribution in [3.63, 3.8) is 0 Å². The van der Waals surface area contributed by atoms with Crippen LogP contribution in [0.15, 0.2) is 54.6 Å². The first kappa shape index (κ1) is 16.5. The number of hydrogen-bond acceptors (Lipinski definition) is 0. The summed E-state index contributed by atoms with van der Waals surface area (Å²) >= 11 is 0. The van der Waals surface area contributed by atoms with Gasteiger partial charge in [0.15, 0.2) is 0 Å². The van der Waals surface area contributed by atoms with E-state index in [1.807, 2.05) is 13.8 Å². The second-order valence-electron chi connectivity index (χ2n) is 5.94. The fourth-order valence-corrected chi connectivity index (χ4v) is 2.57. The maximum Gasteiger partial charge on any atom is 0.00726 e. The summed E-state index contributed by atoms with van der Waals surface area (Å²) in [6, 6.07) is 15.3. The lowest BCUT2D eigenvalue weighted by molar-refractivity contribution is 0.368. The maximum absolute atomic E-state index is 2.32. The average molecular weight is 268 g/mol. The highest BCUT2D eigenvalue weighted by molar-refractivity contribution is 5.86. The molecule has 0 aliphatic rings. The van der Waals surface area contributed by atoms with Crippen LogP contribution >= 0.6 is 0 Å². The van der Waals surface area contributed by atoms with E-state index in [-0.39, 0.29) is 5.41 Å². The maximum atomic E-state index is 2.32. The fraction of sp³-hybridized carbons (Fsp3) is 0.400. The van der Waals surface area contributed by atoms with E-state index < -0.39 is 0 Å². The molecule has 2 aromatic carbocycles. The van der Waals surface area contributed by atoms with E-state index in [4.69, 9.17) is 0 Å². The van der Waals surface area contributed by atoms with E-state index >= 15 is 0 Å². The minimum atomic E-state index is 0.233. The van der Waals surface area contributed by atoms with Gasteiger partial charge < -0.3 is 0 Å². The Labute approximate surface area is 124 Å². The molecule has 0 saturated carbocycles. The normalized spacial score (nSPS) is 13.1. The first-order chi connectivity index (χ1) is 9.54. The highest BCUT2D eigenvalue weighted by Gasteiger charge is 2.24. The Kier molecular flexibility index (Phi) is 6.01. The summed E-state index contributed by atoms with van der Waals surface area (Å²) in [6.45, 7) is 13.0. The van der Waals surface area contributed by atoms with Crippen LogP contribution in [0.3, 0.4) is 0 Å². The third kappa shape index (κ3) is 3.72. The van der Waals surface area contributed by atoms with Crippen LogP contribution in [-0.2, 0) is 0 Å². The van der Waals surface area contributed by atoms with Crippen molar-refractivity contribution in [2.75, 3.05) is 0 Å². The van der Waals surface area contributed by atoms with Crippen LogP contribution in [0.25, 0.3) is 10.8 Å². The highest BCUT2D eigenvalue weighted by atomic mass is 14.3. The molecule has 0 aliphatic carbocycles. The molecule has 2 aromatic rings. The number of rotatable bonds is 2. The lowest BCUT2D eigenvalue weighted by Crippen LogP contribution is -2.16. The van der Waals surface area contributed by atoms with Crippen molar-refractivity contribution in [3.8, 4) is 0 Å². The Morgan fingerprint density at radius 2 is 1.50 bits per heavy atom. The predicted octanol–water partition coefficient (Wildman–Crippen LogP) is 6.57. The summed E-state index contributed by atoms with van der Waals surface area (Å²) < 4.78 is 0. The Bertz CT molecular complexity index is 550. The van der Waals surface area contributed by atoms with E-state index in [1.165, 1.54) is 16.3 Å². The van der Waals surface area contributed by atoms with Gasteiger partial charge in [-0.1, -0.05) is 89.2 Å². The van der Waals surface area contributed by atoms with Gasteiger partial charge in [-0.15, -0.1) is 0 Å². The van der Waals surface area contributed by atoms with Crippen LogP contribution in [0.1, 0.15) is 53.0 Å². The molecule has 1 unspecified atom stereocenters. The molecule has 108 valence electrons. The average Bonchev–Trinajstić information content (AvgIpc) is 2.45. The quantitative estimate of drug-likeness (QED) is 0.540. The number of fused-ring (bicyclic) bond motifs is 1. The minimum absolute atomic E-state index is 0.233. The van der Waals surface area contributed by atoms with Gasteiger partial charge in [-0.2, -0.15) is 0 Å². The van der Waals surface area contributed by atoms with E-state index in [9.17, 15) is 0 Å². The zero-order valence-electron chi connectivity index (χ0n) is 13.8. The Hall–Kier alpha value is -1.56. The van der Waals surface area contributed by atoms with E-state index in [2.05, 4.69) is 82.3 Å². The molecular weight excluding hydrogens is 240 g/mol. The number of allylic oxidation sites excluding steroid dienone is 2. The SMILES string of the molecule is C/C=C/C(c1cccc2ccccc12)C(C)(C)C.CC. The van der Waals surface area contributed by atoms with Crippen molar-refractivity contribution >= 4 is 10.8 Å². The summed E-state index contributed by atoms with van der Waals surface area (Å²) in [7, 11) is 0. The number of hydrogen-bond donors (Lipinski definition) is 0. The summed E-state index contributed by atoms with van der Waals surface area (Å²) in [4.78, 5) is 0. The molecule has 0 fully saturated rings. The summed E-state index contributed by atoms with van der Waals surface area (Å²) in [5, 5.41) is 2.70. The molecule has 0 heteroatoms. The summed E-state index contributed by atoms with van der Waals surface area (Å²) in [5.74, 6) is 0.452. The summed E-state index contributed by atoms with van der Waals surface area (Å²) in [5.41, 5.74) is 1.66. The molecular formula is C20H28. The van der Waals surface area contributed by atoms with Crippen molar-refractivity contribution in [1.29, 1.82) is 0 Å². The third-order valence-corrected chi connectivity index (χ3v) is 3.48. The van der Waals surface area contributed by atoms with Gasteiger partial charge in [0.2, 0.25) is 0 Å². The van der Waals surface area contributed by atoms with Gasteiger partial charge >= 0.3 is 0 Å². The van der Waals surface area contributed by atoms with Crippen LogP contribution in [0, 0.1) is 5.41 Å². The van der Waals surface area contributed by atoms with Crippen LogP contribution in [0.2, 0.25) is 0 Å². The molecule has 0 amide bonds. The standard InChI is InChI=1S/C18H22.C2H6/c1-5-9-17(18(2,3)4)16-13-8-11-14-10-6-7-12-15(14)16;1-2/h5-13,17H,1-4H3;1-2H3/b9-5+;. The molecule has 1 atom stereocenters. The van der Waals surface area contributed by atoms with E-state index in [0.717, 1.165) is 0 Å². The molecule has 0 radical (unpaired) electrons. The Morgan fingerprint density at radius 1 is 0.900 bits per heavy atom. The van der Waals surface area contributed by atoms with Gasteiger partial charge in [-0.3, -0.25) is 0 Å². The van der Waals surface area contributed by atoms with Crippen molar-refractivity contribution in [2.45, 2.75) is 47.5 Å². The van der Waals surface area contributed by atoms with Crippen molar-refractivity contribution in [2.24, 2.45) is 5.41 Å². The van der Waals surface area contributed by atoms with Gasteiger partial charge in [0.05, 0.1) is 0 Å². The molecule has 20 heavy (non-hydrogen) atoms. The van der Waals surface area contributed by atoms with Gasteiger partial charge in [0.1, 0.15) is 0 Å². The second-order valence-corrected chi connectivity index (χ2v) is 5.94. The molecule has 0 nitrogen and oxygen atoms in total. The minimum Gasteiger partial charge on any atom is -0.0910 e. The van der Waals surface area contributed by atoms with Crippen LogP contribution < -0.4 is 0 Å². The molecule has 0 bridgehead atoms. The van der Waals surface area contributed by atoms with Crippen molar-refractivity contribution in [1.82, 2.24) is 0 Å².